The smallest absolute Gasteiger partial charge is 0.324 e. The second-order valence-corrected chi connectivity index (χ2v) is 8.62. The Labute approximate surface area is 159 Å². The van der Waals surface area contributed by atoms with E-state index in [-0.39, 0.29) is 6.42 Å². The molecule has 1 fully saturated rings. The molecule has 0 aliphatic carbocycles. The summed E-state index contributed by atoms with van der Waals surface area (Å²) in [5, 5.41) is 8.89. The number of para-hydroxylation sites is 1. The van der Waals surface area contributed by atoms with Crippen LogP contribution >= 0.6 is 23.4 Å². The largest absolute Gasteiger partial charge is 0.481 e. The SMILES string of the molecule is CC(C)(CC(=O)O)C(=O)OSc1nc2c(N3CCOCC3)cccc2s1. The maximum Gasteiger partial charge on any atom is 0.324 e. The topological polar surface area (TPSA) is 89.0 Å². The molecule has 1 N–H and O–H groups in total. The lowest BCUT2D eigenvalue weighted by atomic mass is 9.90. The number of carboxylic acids is 1. The molecule has 0 radical (unpaired) electrons. The van der Waals surface area contributed by atoms with E-state index in [1.54, 1.807) is 13.8 Å². The third-order valence-corrected chi connectivity index (χ3v) is 5.80. The molecule has 2 heterocycles. The summed E-state index contributed by atoms with van der Waals surface area (Å²) in [5.74, 6) is -1.61. The summed E-state index contributed by atoms with van der Waals surface area (Å²) >= 11 is 2.33. The van der Waals surface area contributed by atoms with Gasteiger partial charge in [-0.3, -0.25) is 9.59 Å². The number of hydrogen-bond donors (Lipinski definition) is 1. The third-order valence-electron chi connectivity index (χ3n) is 4.06. The van der Waals surface area contributed by atoms with Crippen LogP contribution < -0.4 is 4.90 Å². The van der Waals surface area contributed by atoms with E-state index < -0.39 is 17.4 Å². The molecule has 7 nitrogen and oxygen atoms in total. The van der Waals surface area contributed by atoms with Crippen LogP contribution in [0.1, 0.15) is 20.3 Å². The Morgan fingerprint density at radius 2 is 2.12 bits per heavy atom. The minimum atomic E-state index is -1.09. The van der Waals surface area contributed by atoms with Crippen LogP contribution in [0.2, 0.25) is 0 Å². The predicted molar refractivity (Wildman–Crippen MR) is 101 cm³/mol. The lowest BCUT2D eigenvalue weighted by Gasteiger charge is -2.28. The zero-order valence-corrected chi connectivity index (χ0v) is 16.2. The zero-order chi connectivity index (χ0) is 18.7. The van der Waals surface area contributed by atoms with Gasteiger partial charge in [-0.2, -0.15) is 0 Å². The summed E-state index contributed by atoms with van der Waals surface area (Å²) in [6.07, 6.45) is -0.284. The number of fused-ring (bicyclic) bond motifs is 1. The molecule has 0 spiro atoms. The Morgan fingerprint density at radius 3 is 2.81 bits per heavy atom. The Morgan fingerprint density at radius 1 is 1.38 bits per heavy atom. The van der Waals surface area contributed by atoms with Gasteiger partial charge < -0.3 is 18.9 Å². The van der Waals surface area contributed by atoms with Gasteiger partial charge in [0.15, 0.2) is 4.34 Å². The first-order valence-corrected chi connectivity index (χ1v) is 9.75. The standard InChI is InChI=1S/C17H20N2O5S2/c1-17(2,10-13(20)21)15(22)24-26-16-18-14-11(4-3-5-12(14)25-16)19-6-8-23-9-7-19/h3-5H,6-10H2,1-2H3,(H,20,21). The van der Waals surface area contributed by atoms with Crippen molar-refractivity contribution in [2.24, 2.45) is 5.41 Å². The van der Waals surface area contributed by atoms with E-state index in [0.717, 1.165) is 41.0 Å². The van der Waals surface area contributed by atoms with Crippen molar-refractivity contribution >= 4 is 51.2 Å². The summed E-state index contributed by atoms with van der Waals surface area (Å²) in [7, 11) is 0. The normalized spacial score (nSPS) is 15.2. The summed E-state index contributed by atoms with van der Waals surface area (Å²) in [5.41, 5.74) is 0.836. The molecule has 26 heavy (non-hydrogen) atoms. The molecular weight excluding hydrogens is 376 g/mol. The highest BCUT2D eigenvalue weighted by molar-refractivity contribution is 7.97. The van der Waals surface area contributed by atoms with Crippen LogP contribution in [0.4, 0.5) is 5.69 Å². The van der Waals surface area contributed by atoms with Crippen LogP contribution in [-0.2, 0) is 18.5 Å². The molecule has 3 rings (SSSR count). The van der Waals surface area contributed by atoms with Gasteiger partial charge in [0.25, 0.3) is 0 Å². The summed E-state index contributed by atoms with van der Waals surface area (Å²) < 4.78 is 12.3. The minimum absolute atomic E-state index is 0.284. The van der Waals surface area contributed by atoms with Crippen molar-refractivity contribution in [3.8, 4) is 0 Å². The average molecular weight is 396 g/mol. The molecule has 9 heteroatoms. The minimum Gasteiger partial charge on any atom is -0.481 e. The predicted octanol–water partition coefficient (Wildman–Crippen LogP) is 3.18. The second kappa shape index (κ2) is 7.81. The molecule has 0 atom stereocenters. The maximum atomic E-state index is 12.2. The number of benzene rings is 1. The van der Waals surface area contributed by atoms with Gasteiger partial charge in [0.05, 0.1) is 35.4 Å². The molecule has 1 saturated heterocycles. The van der Waals surface area contributed by atoms with Crippen LogP contribution in [0.3, 0.4) is 0 Å². The Kier molecular flexibility index (Phi) is 5.69. The van der Waals surface area contributed by atoms with Crippen LogP contribution in [0, 0.1) is 5.41 Å². The quantitative estimate of drug-likeness (QED) is 0.745. The summed E-state index contributed by atoms with van der Waals surface area (Å²) in [6.45, 7) is 6.13. The van der Waals surface area contributed by atoms with Crippen molar-refractivity contribution in [1.82, 2.24) is 4.98 Å². The van der Waals surface area contributed by atoms with Crippen LogP contribution in [0.15, 0.2) is 22.5 Å². The van der Waals surface area contributed by atoms with E-state index in [9.17, 15) is 9.59 Å². The number of carbonyl (C=O) groups excluding carboxylic acids is 1. The van der Waals surface area contributed by atoms with E-state index in [1.807, 2.05) is 18.2 Å². The van der Waals surface area contributed by atoms with Gasteiger partial charge in [-0.1, -0.05) is 6.07 Å². The number of rotatable bonds is 6. The Hall–Kier alpha value is -1.84. The first kappa shape index (κ1) is 18.9. The number of morpholine rings is 1. The molecule has 0 bridgehead atoms. The first-order valence-electron chi connectivity index (χ1n) is 8.20. The number of carboxylic acid groups (broad SMARTS) is 1. The summed E-state index contributed by atoms with van der Waals surface area (Å²) in [6, 6.07) is 6.00. The fraction of sp³-hybridized carbons (Fsp3) is 0.471. The molecule has 140 valence electrons. The van der Waals surface area contributed by atoms with Crippen molar-refractivity contribution in [2.45, 2.75) is 24.6 Å². The van der Waals surface area contributed by atoms with Crippen molar-refractivity contribution in [2.75, 3.05) is 31.2 Å². The molecule has 0 saturated carbocycles. The highest BCUT2D eigenvalue weighted by Crippen LogP contribution is 2.36. The zero-order valence-electron chi connectivity index (χ0n) is 14.6. The number of carbonyl (C=O) groups is 2. The van der Waals surface area contributed by atoms with Crippen molar-refractivity contribution in [3.05, 3.63) is 18.2 Å². The third kappa shape index (κ3) is 4.28. The number of nitrogens with zero attached hydrogens (tertiary/aromatic N) is 2. The van der Waals surface area contributed by atoms with Crippen molar-refractivity contribution in [1.29, 1.82) is 0 Å². The van der Waals surface area contributed by atoms with E-state index in [2.05, 4.69) is 9.88 Å². The van der Waals surface area contributed by atoms with Gasteiger partial charge in [-0.25, -0.2) is 4.98 Å². The van der Waals surface area contributed by atoms with Crippen LogP contribution in [0.5, 0.6) is 0 Å². The maximum absolute atomic E-state index is 12.2. The van der Waals surface area contributed by atoms with Crippen molar-refractivity contribution < 1.29 is 23.6 Å². The average Bonchev–Trinajstić information content (AvgIpc) is 3.02. The van der Waals surface area contributed by atoms with Gasteiger partial charge in [-0.05, 0) is 26.0 Å². The Balaban J connectivity index is 1.73. The molecule has 1 aromatic carbocycles. The fourth-order valence-corrected chi connectivity index (χ4v) is 4.37. The molecule has 1 aliphatic heterocycles. The van der Waals surface area contributed by atoms with Gasteiger partial charge in [0, 0.05) is 13.1 Å². The van der Waals surface area contributed by atoms with Gasteiger partial charge in [0.1, 0.15) is 17.6 Å². The fourth-order valence-electron chi connectivity index (χ4n) is 2.65. The molecule has 0 amide bonds. The lowest BCUT2D eigenvalue weighted by Crippen LogP contribution is -2.36. The van der Waals surface area contributed by atoms with E-state index in [1.165, 1.54) is 11.3 Å². The summed E-state index contributed by atoms with van der Waals surface area (Å²) in [4.78, 5) is 29.9. The number of aliphatic carboxylic acids is 1. The van der Waals surface area contributed by atoms with Gasteiger partial charge >= 0.3 is 11.9 Å². The van der Waals surface area contributed by atoms with Crippen molar-refractivity contribution in [3.63, 3.8) is 0 Å². The molecule has 1 aromatic heterocycles. The number of thiazole rings is 1. The number of anilines is 1. The first-order chi connectivity index (χ1) is 12.4. The second-order valence-electron chi connectivity index (χ2n) is 6.61. The van der Waals surface area contributed by atoms with Gasteiger partial charge in [-0.15, -0.1) is 11.3 Å². The highest BCUT2D eigenvalue weighted by Gasteiger charge is 2.33. The number of aromatic nitrogens is 1. The molecule has 0 unspecified atom stereocenters. The van der Waals surface area contributed by atoms with Crippen LogP contribution in [0.25, 0.3) is 10.2 Å². The molecule has 2 aromatic rings. The monoisotopic (exact) mass is 396 g/mol. The van der Waals surface area contributed by atoms with Crippen LogP contribution in [-0.4, -0.2) is 48.3 Å². The molecular formula is C17H20N2O5S2. The van der Waals surface area contributed by atoms with Gasteiger partial charge in [0.2, 0.25) is 0 Å². The van der Waals surface area contributed by atoms with E-state index >= 15 is 0 Å². The van der Waals surface area contributed by atoms with E-state index in [0.29, 0.717) is 17.6 Å². The molecule has 1 aliphatic rings. The lowest BCUT2D eigenvalue weighted by molar-refractivity contribution is -0.150. The number of hydrogen-bond acceptors (Lipinski definition) is 8. The van der Waals surface area contributed by atoms with E-state index in [4.69, 9.17) is 14.0 Å². The number of ether oxygens (including phenoxy) is 1. The highest BCUT2D eigenvalue weighted by atomic mass is 32.2. The Bertz CT molecular complexity index is 815.